The first kappa shape index (κ1) is 9.32. The zero-order valence-corrected chi connectivity index (χ0v) is 8.10. The van der Waals surface area contributed by atoms with Crippen molar-refractivity contribution in [3.63, 3.8) is 0 Å². The second kappa shape index (κ2) is 4.30. The van der Waals surface area contributed by atoms with Gasteiger partial charge in [0.1, 0.15) is 5.82 Å². The molecule has 1 aromatic heterocycles. The quantitative estimate of drug-likeness (QED) is 0.709. The van der Waals surface area contributed by atoms with Crippen LogP contribution in [0.1, 0.15) is 12.7 Å². The number of rotatable bonds is 3. The van der Waals surface area contributed by atoms with Crippen molar-refractivity contribution in [2.45, 2.75) is 13.3 Å². The normalized spacial score (nSPS) is 10.2. The van der Waals surface area contributed by atoms with Gasteiger partial charge < -0.3 is 4.57 Å². The van der Waals surface area contributed by atoms with E-state index in [-0.39, 0.29) is 5.12 Å². The Morgan fingerprint density at radius 1 is 1.75 bits per heavy atom. The molecule has 0 radical (unpaired) electrons. The fraction of sp³-hybridized carbons (Fsp3) is 0.500. The highest BCUT2D eigenvalue weighted by molar-refractivity contribution is 8.13. The molecule has 0 N–H and O–H groups in total. The maximum absolute atomic E-state index is 11.2. The molecule has 0 aliphatic rings. The van der Waals surface area contributed by atoms with E-state index in [4.69, 9.17) is 0 Å². The number of carbonyl (C=O) groups is 1. The Morgan fingerprint density at radius 3 is 3.00 bits per heavy atom. The van der Waals surface area contributed by atoms with Gasteiger partial charge in [-0.2, -0.15) is 0 Å². The monoisotopic (exact) mass is 184 g/mol. The first-order valence-corrected chi connectivity index (χ1v) is 4.84. The second-order valence-corrected chi connectivity index (χ2v) is 3.76. The molecule has 0 amide bonds. The van der Waals surface area contributed by atoms with Crippen molar-refractivity contribution in [2.24, 2.45) is 7.05 Å². The van der Waals surface area contributed by atoms with Crippen molar-refractivity contribution >= 4 is 16.9 Å². The molecule has 1 heterocycles. The Labute approximate surface area is 76.2 Å². The molecule has 0 fully saturated rings. The second-order valence-electron chi connectivity index (χ2n) is 2.44. The van der Waals surface area contributed by atoms with E-state index < -0.39 is 0 Å². The zero-order chi connectivity index (χ0) is 8.97. The predicted molar refractivity (Wildman–Crippen MR) is 50.1 cm³/mol. The van der Waals surface area contributed by atoms with Crippen LogP contribution < -0.4 is 0 Å². The van der Waals surface area contributed by atoms with E-state index in [0.717, 1.165) is 11.6 Å². The van der Waals surface area contributed by atoms with Gasteiger partial charge in [-0.1, -0.05) is 18.7 Å². The molecule has 1 aromatic rings. The van der Waals surface area contributed by atoms with Crippen molar-refractivity contribution in [2.75, 3.05) is 5.75 Å². The molecule has 0 aliphatic carbocycles. The van der Waals surface area contributed by atoms with Gasteiger partial charge in [-0.15, -0.1) is 0 Å². The van der Waals surface area contributed by atoms with Gasteiger partial charge in [0.05, 0.1) is 6.42 Å². The molecule has 3 nitrogen and oxygen atoms in total. The van der Waals surface area contributed by atoms with Crippen LogP contribution in [0.25, 0.3) is 0 Å². The topological polar surface area (TPSA) is 34.9 Å². The molecular weight excluding hydrogens is 172 g/mol. The SMILES string of the molecule is CCSC(=O)Cc1nccn1C. The molecular formula is C8H12N2OS. The Bertz CT molecular complexity index is 270. The number of hydrogen-bond acceptors (Lipinski definition) is 3. The van der Waals surface area contributed by atoms with E-state index in [1.165, 1.54) is 11.8 Å². The van der Waals surface area contributed by atoms with Crippen LogP contribution in [0.3, 0.4) is 0 Å². The molecule has 0 saturated carbocycles. The van der Waals surface area contributed by atoms with Gasteiger partial charge in [0.2, 0.25) is 0 Å². The number of thioether (sulfide) groups is 1. The largest absolute Gasteiger partial charge is 0.338 e. The molecule has 0 aromatic carbocycles. The molecule has 0 spiro atoms. The third-order valence-electron chi connectivity index (χ3n) is 1.53. The number of aryl methyl sites for hydroxylation is 1. The van der Waals surface area contributed by atoms with Gasteiger partial charge in [-0.3, -0.25) is 4.79 Å². The van der Waals surface area contributed by atoms with E-state index in [1.807, 2.05) is 24.7 Å². The van der Waals surface area contributed by atoms with Crippen molar-refractivity contribution in [1.29, 1.82) is 0 Å². The lowest BCUT2D eigenvalue weighted by Crippen LogP contribution is -2.04. The number of carbonyl (C=O) groups excluding carboxylic acids is 1. The van der Waals surface area contributed by atoms with E-state index in [0.29, 0.717) is 6.42 Å². The van der Waals surface area contributed by atoms with Crippen LogP contribution >= 0.6 is 11.8 Å². The summed E-state index contributed by atoms with van der Waals surface area (Å²) in [6, 6.07) is 0. The van der Waals surface area contributed by atoms with E-state index in [9.17, 15) is 4.79 Å². The third kappa shape index (κ3) is 2.37. The standard InChI is InChI=1S/C8H12N2OS/c1-3-12-8(11)6-7-9-4-5-10(7)2/h4-5H,3,6H2,1-2H3. The molecule has 0 unspecified atom stereocenters. The minimum atomic E-state index is 0.187. The number of hydrogen-bond donors (Lipinski definition) is 0. The Hall–Kier alpha value is -0.770. The minimum Gasteiger partial charge on any atom is -0.338 e. The van der Waals surface area contributed by atoms with E-state index in [1.54, 1.807) is 6.20 Å². The van der Waals surface area contributed by atoms with Gasteiger partial charge in [-0.05, 0) is 5.75 Å². The molecule has 66 valence electrons. The number of nitrogens with zero attached hydrogens (tertiary/aromatic N) is 2. The smallest absolute Gasteiger partial charge is 0.196 e. The molecule has 0 bridgehead atoms. The number of aromatic nitrogens is 2. The fourth-order valence-electron chi connectivity index (χ4n) is 0.908. The van der Waals surface area contributed by atoms with Crippen LogP contribution in [0.5, 0.6) is 0 Å². The number of imidazole rings is 1. The van der Waals surface area contributed by atoms with Gasteiger partial charge in [0.15, 0.2) is 5.12 Å². The summed E-state index contributed by atoms with van der Waals surface area (Å²) in [5.74, 6) is 1.67. The fourth-order valence-corrected chi connectivity index (χ4v) is 1.46. The summed E-state index contributed by atoms with van der Waals surface area (Å²) in [5, 5.41) is 0.187. The van der Waals surface area contributed by atoms with Crippen LogP contribution in [0.2, 0.25) is 0 Å². The van der Waals surface area contributed by atoms with Crippen LogP contribution in [0, 0.1) is 0 Å². The van der Waals surface area contributed by atoms with Gasteiger partial charge in [0, 0.05) is 19.4 Å². The molecule has 4 heteroatoms. The average molecular weight is 184 g/mol. The highest BCUT2D eigenvalue weighted by Gasteiger charge is 2.06. The summed E-state index contributed by atoms with van der Waals surface area (Å²) >= 11 is 1.35. The highest BCUT2D eigenvalue weighted by atomic mass is 32.2. The lowest BCUT2D eigenvalue weighted by molar-refractivity contribution is -0.110. The van der Waals surface area contributed by atoms with Crippen molar-refractivity contribution in [3.8, 4) is 0 Å². The summed E-state index contributed by atoms with van der Waals surface area (Å²) < 4.78 is 1.87. The molecule has 0 saturated heterocycles. The van der Waals surface area contributed by atoms with Crippen molar-refractivity contribution < 1.29 is 4.79 Å². The Balaban J connectivity index is 2.52. The lowest BCUT2D eigenvalue weighted by Gasteiger charge is -1.98. The maximum atomic E-state index is 11.2. The Morgan fingerprint density at radius 2 is 2.50 bits per heavy atom. The van der Waals surface area contributed by atoms with Crippen LogP contribution in [0.4, 0.5) is 0 Å². The van der Waals surface area contributed by atoms with Crippen molar-refractivity contribution in [1.82, 2.24) is 9.55 Å². The minimum absolute atomic E-state index is 0.187. The summed E-state index contributed by atoms with van der Waals surface area (Å²) in [5.41, 5.74) is 0. The first-order chi connectivity index (χ1) is 5.74. The lowest BCUT2D eigenvalue weighted by atomic mass is 10.4. The van der Waals surface area contributed by atoms with Crippen LogP contribution in [0.15, 0.2) is 12.4 Å². The van der Waals surface area contributed by atoms with Crippen LogP contribution in [-0.4, -0.2) is 20.4 Å². The van der Waals surface area contributed by atoms with Gasteiger partial charge >= 0.3 is 0 Å². The summed E-state index contributed by atoms with van der Waals surface area (Å²) in [6.07, 6.45) is 3.99. The van der Waals surface area contributed by atoms with E-state index in [2.05, 4.69) is 4.98 Å². The van der Waals surface area contributed by atoms with Gasteiger partial charge in [-0.25, -0.2) is 4.98 Å². The summed E-state index contributed by atoms with van der Waals surface area (Å²) in [6.45, 7) is 1.97. The predicted octanol–water partition coefficient (Wildman–Crippen LogP) is 1.24. The first-order valence-electron chi connectivity index (χ1n) is 3.86. The highest BCUT2D eigenvalue weighted by Crippen LogP contribution is 2.06. The Kier molecular flexibility index (Phi) is 3.34. The average Bonchev–Trinajstić information content (AvgIpc) is 2.37. The molecule has 1 rings (SSSR count). The summed E-state index contributed by atoms with van der Waals surface area (Å²) in [7, 11) is 1.90. The molecule has 12 heavy (non-hydrogen) atoms. The summed E-state index contributed by atoms with van der Waals surface area (Å²) in [4.78, 5) is 15.2. The third-order valence-corrected chi connectivity index (χ3v) is 2.28. The zero-order valence-electron chi connectivity index (χ0n) is 7.28. The van der Waals surface area contributed by atoms with Gasteiger partial charge in [0.25, 0.3) is 0 Å². The van der Waals surface area contributed by atoms with E-state index >= 15 is 0 Å². The van der Waals surface area contributed by atoms with Crippen LogP contribution in [-0.2, 0) is 18.3 Å². The van der Waals surface area contributed by atoms with Crippen molar-refractivity contribution in [3.05, 3.63) is 18.2 Å². The molecule has 0 aliphatic heterocycles. The molecule has 0 atom stereocenters. The maximum Gasteiger partial charge on any atom is 0.196 e.